The maximum absolute atomic E-state index is 13.0. The Morgan fingerprint density at radius 2 is 0.427 bits per heavy atom. The summed E-state index contributed by atoms with van der Waals surface area (Å²) in [4.78, 5) is 58.9. The lowest BCUT2D eigenvalue weighted by Gasteiger charge is -2.21. The molecule has 0 aromatic heterocycles. The quantitative estimate of drug-likeness (QED) is 0.0146. The Labute approximate surface area is 713 Å². The molecule has 668 valence electrons. The van der Waals surface area contributed by atoms with Gasteiger partial charge in [-0.05, 0) is 154 Å². The molecule has 0 amide bonds. The lowest BCUT2D eigenvalue weighted by Crippen LogP contribution is -2.30. The minimum absolute atomic E-state index is 0.0708. The van der Waals surface area contributed by atoms with Crippen molar-refractivity contribution in [3.8, 4) is 0 Å². The fraction of sp³-hybridized carbons (Fsp3) is 0.667. The van der Waals surface area contributed by atoms with Crippen molar-refractivity contribution < 1.29 is 75.8 Å². The second-order valence-electron chi connectivity index (χ2n) is 30.3. The minimum atomic E-state index is -4.95. The predicted molar refractivity (Wildman–Crippen MR) is 491 cm³/mol. The average Bonchev–Trinajstić information content (AvgIpc) is 0.876. The number of phosphoric acid groups is 2. The molecule has 117 heavy (non-hydrogen) atoms. The third-order valence-electron chi connectivity index (χ3n) is 19.1. The number of ether oxygens (including phenoxy) is 3. The van der Waals surface area contributed by atoms with E-state index in [1.54, 1.807) is 0 Å². The molecule has 0 radical (unpaired) electrons. The highest BCUT2D eigenvalue weighted by molar-refractivity contribution is 7.47. The molecule has 0 aliphatic heterocycles. The molecule has 16 nitrogen and oxygen atoms in total. The molecule has 0 aromatic carbocycles. The van der Waals surface area contributed by atoms with Gasteiger partial charge in [-0.1, -0.05) is 376 Å². The number of unbranched alkanes of at least 4 members (excludes halogenated alkanes) is 33. The van der Waals surface area contributed by atoms with Crippen LogP contribution in [0.4, 0.5) is 0 Å². The Bertz CT molecular complexity index is 2860. The number of rotatable bonds is 86. The molecule has 5 unspecified atom stereocenters. The van der Waals surface area contributed by atoms with E-state index in [1.807, 2.05) is 0 Å². The molecule has 0 heterocycles. The second kappa shape index (κ2) is 89.9. The van der Waals surface area contributed by atoms with Crippen molar-refractivity contribution in [2.45, 2.75) is 386 Å². The van der Waals surface area contributed by atoms with E-state index in [0.717, 1.165) is 173 Å². The van der Waals surface area contributed by atoms with Gasteiger partial charge in [-0.15, -0.1) is 0 Å². The van der Waals surface area contributed by atoms with E-state index in [0.29, 0.717) is 19.3 Å². The Morgan fingerprint density at radius 1 is 0.239 bits per heavy atom. The van der Waals surface area contributed by atoms with Crippen LogP contribution in [0.3, 0.4) is 0 Å². The van der Waals surface area contributed by atoms with Crippen molar-refractivity contribution in [1.82, 2.24) is 0 Å². The zero-order valence-electron chi connectivity index (χ0n) is 73.6. The highest BCUT2D eigenvalue weighted by Crippen LogP contribution is 2.45. The topological polar surface area (TPSA) is 231 Å². The van der Waals surface area contributed by atoms with Gasteiger partial charge in [0, 0.05) is 19.3 Å². The lowest BCUT2D eigenvalue weighted by atomic mass is 10.0. The van der Waals surface area contributed by atoms with Gasteiger partial charge in [-0.3, -0.25) is 32.5 Å². The van der Waals surface area contributed by atoms with Crippen LogP contribution in [0.15, 0.2) is 182 Å². The molecule has 0 fully saturated rings. The maximum Gasteiger partial charge on any atom is 0.472 e. The SMILES string of the molecule is CC/C=C\C/C=C\C/C=C\C/C=C\C/C=C\C/C=C\CCCCCCCCCCCCC(=O)OCC(COP(=O)(O)OCC(O)COP(=O)(O)OCC(O)COC(=O)CCCCCCCCCCCCCCCCCCCCC/C=C\C/C=C\C/C=C\C/C=C\C/C=C\CC)OC(=O)CCCCCC/C=C\C/C=C\C/C=C\C/C=C\CC. The number of hydrogen-bond donors (Lipinski definition) is 4. The van der Waals surface area contributed by atoms with Crippen LogP contribution in [0.25, 0.3) is 0 Å². The van der Waals surface area contributed by atoms with Gasteiger partial charge in [-0.2, -0.15) is 0 Å². The van der Waals surface area contributed by atoms with Crippen molar-refractivity contribution in [2.24, 2.45) is 0 Å². The zero-order valence-corrected chi connectivity index (χ0v) is 75.4. The highest BCUT2D eigenvalue weighted by atomic mass is 31.2. The number of esters is 3. The summed E-state index contributed by atoms with van der Waals surface area (Å²) >= 11 is 0. The van der Waals surface area contributed by atoms with E-state index >= 15 is 0 Å². The Kier molecular flexibility index (Phi) is 85.8. The Balaban J connectivity index is 4.49. The van der Waals surface area contributed by atoms with Crippen molar-refractivity contribution in [2.75, 3.05) is 39.6 Å². The highest BCUT2D eigenvalue weighted by Gasteiger charge is 2.29. The predicted octanol–water partition coefficient (Wildman–Crippen LogP) is 28.4. The number of carbonyl (C=O) groups is 3. The van der Waals surface area contributed by atoms with Crippen LogP contribution in [0.2, 0.25) is 0 Å². The lowest BCUT2D eigenvalue weighted by molar-refractivity contribution is -0.161. The van der Waals surface area contributed by atoms with E-state index in [2.05, 4.69) is 203 Å². The summed E-state index contributed by atoms with van der Waals surface area (Å²) in [5, 5.41) is 20.7. The summed E-state index contributed by atoms with van der Waals surface area (Å²) in [5.74, 6) is -1.60. The summed E-state index contributed by atoms with van der Waals surface area (Å²) in [6.45, 7) is 2.34. The fourth-order valence-corrected chi connectivity index (χ4v) is 13.8. The van der Waals surface area contributed by atoms with Crippen LogP contribution >= 0.6 is 15.6 Å². The molecule has 0 saturated heterocycles. The smallest absolute Gasteiger partial charge is 0.463 e. The molecule has 0 rings (SSSR count). The summed E-state index contributed by atoms with van der Waals surface area (Å²) < 4.78 is 61.4. The third-order valence-corrected chi connectivity index (χ3v) is 21.0. The molecule has 0 aromatic rings. The number of carbonyl (C=O) groups excluding carboxylic acids is 3. The second-order valence-corrected chi connectivity index (χ2v) is 33.2. The molecule has 0 saturated carbocycles. The molecule has 4 N–H and O–H groups in total. The van der Waals surface area contributed by atoms with E-state index in [9.17, 15) is 43.5 Å². The number of aliphatic hydroxyl groups excluding tert-OH is 2. The number of hydrogen-bond acceptors (Lipinski definition) is 14. The van der Waals surface area contributed by atoms with Gasteiger partial charge in [0.1, 0.15) is 25.4 Å². The van der Waals surface area contributed by atoms with Crippen molar-refractivity contribution in [1.29, 1.82) is 0 Å². The van der Waals surface area contributed by atoms with Crippen molar-refractivity contribution >= 4 is 33.6 Å². The molecular weight excluding hydrogens is 1510 g/mol. The summed E-state index contributed by atoms with van der Waals surface area (Å²) in [6.07, 6.45) is 118. The first-order chi connectivity index (χ1) is 57.2. The van der Waals surface area contributed by atoms with Gasteiger partial charge in [0.2, 0.25) is 0 Å². The van der Waals surface area contributed by atoms with Gasteiger partial charge in [0.15, 0.2) is 6.10 Å². The summed E-state index contributed by atoms with van der Waals surface area (Å²) in [5.41, 5.74) is 0. The van der Waals surface area contributed by atoms with E-state index in [4.69, 9.17) is 32.3 Å². The average molecular weight is 1670 g/mol. The molecule has 0 bridgehead atoms. The number of allylic oxidation sites excluding steroid dienone is 30. The summed E-state index contributed by atoms with van der Waals surface area (Å²) in [7, 11) is -9.82. The monoisotopic (exact) mass is 1670 g/mol. The largest absolute Gasteiger partial charge is 0.472 e. The van der Waals surface area contributed by atoms with Crippen LogP contribution in [0, 0.1) is 0 Å². The van der Waals surface area contributed by atoms with Gasteiger partial charge in [0.05, 0.1) is 26.4 Å². The minimum Gasteiger partial charge on any atom is -0.463 e. The van der Waals surface area contributed by atoms with Crippen LogP contribution in [0.1, 0.15) is 367 Å². The van der Waals surface area contributed by atoms with Crippen LogP contribution < -0.4 is 0 Å². The maximum atomic E-state index is 13.0. The molecule has 0 aliphatic rings. The van der Waals surface area contributed by atoms with Crippen molar-refractivity contribution in [3.05, 3.63) is 182 Å². The van der Waals surface area contributed by atoms with Gasteiger partial charge in [0.25, 0.3) is 0 Å². The first kappa shape index (κ1) is 112. The van der Waals surface area contributed by atoms with Gasteiger partial charge >= 0.3 is 33.6 Å². The summed E-state index contributed by atoms with van der Waals surface area (Å²) in [6, 6.07) is 0. The standard InChI is InChI=1S/C99H166O16P2/c1-4-7-10-13-16-19-22-25-28-31-33-35-37-39-41-43-44-45-46-47-48-50-52-53-55-57-59-62-64-67-70-73-76-79-82-85-97(102)109-88-94(100)89-111-116(105,106)112-90-95(101)91-113-117(107,108)114-93-96(115-99(104)87-84-81-78-75-72-69-66-61-30-27-24-21-18-15-12-9-6-3)92-110-98(103)86-83-80-77-74-71-68-65-63-60-58-56-54-51-49-42-40-38-36-34-32-29-26-23-20-17-14-11-8-5-2/h7-12,16-21,25-30,33-36,39-42,51,54,66,69,94-96,100-101H,4-6,13-15,22-24,31-32,37-38,43-50,52-53,55-65,67-68,70-93H2,1-3H3,(H,105,106)(H,107,108)/b10-7-,11-8-,12-9-,19-16-,20-17-,21-18-,28-25-,29-26-,30-27-,35-33-,36-34-,41-39-,42-40-,54-51-,69-66-. The van der Waals surface area contributed by atoms with Gasteiger partial charge < -0.3 is 34.2 Å². The molecule has 5 atom stereocenters. The molecule has 0 spiro atoms. The molecular formula is C99H166O16P2. The number of phosphoric ester groups is 2. The van der Waals surface area contributed by atoms with E-state index in [1.165, 1.54) is 135 Å². The van der Waals surface area contributed by atoms with E-state index in [-0.39, 0.29) is 19.3 Å². The third kappa shape index (κ3) is 91.2. The van der Waals surface area contributed by atoms with Crippen LogP contribution in [-0.2, 0) is 55.8 Å². The van der Waals surface area contributed by atoms with E-state index < -0.39 is 91.5 Å². The van der Waals surface area contributed by atoms with Gasteiger partial charge in [-0.25, -0.2) is 9.13 Å². The Morgan fingerprint density at radius 3 is 0.675 bits per heavy atom. The molecule has 0 aliphatic carbocycles. The van der Waals surface area contributed by atoms with Crippen molar-refractivity contribution in [3.63, 3.8) is 0 Å². The van der Waals surface area contributed by atoms with Crippen LogP contribution in [-0.4, -0.2) is 95.9 Å². The Hall–Kier alpha value is -5.35. The molecule has 18 heteroatoms. The fourth-order valence-electron chi connectivity index (χ4n) is 12.2. The first-order valence-corrected chi connectivity index (χ1v) is 49.1. The zero-order chi connectivity index (χ0) is 85.1. The van der Waals surface area contributed by atoms with Crippen LogP contribution in [0.5, 0.6) is 0 Å². The number of aliphatic hydroxyl groups is 2. The normalized spacial score (nSPS) is 14.6. The first-order valence-electron chi connectivity index (χ1n) is 46.1.